The molecule has 0 aliphatic heterocycles. The van der Waals surface area contributed by atoms with Crippen LogP contribution in [0, 0.1) is 0 Å². The van der Waals surface area contributed by atoms with Gasteiger partial charge < -0.3 is 10.1 Å². The van der Waals surface area contributed by atoms with Gasteiger partial charge in [-0.15, -0.1) is 11.3 Å². The number of nitrogens with zero attached hydrogens (tertiary/aromatic N) is 2. The van der Waals surface area contributed by atoms with Gasteiger partial charge in [0.25, 0.3) is 0 Å². The maximum Gasteiger partial charge on any atom is 0.310 e. The number of Topliss-reactive ketones (excluding diaryl/α,β-unsaturated/α-hetero) is 1. The van der Waals surface area contributed by atoms with E-state index >= 15 is 0 Å². The van der Waals surface area contributed by atoms with Crippen molar-refractivity contribution in [1.29, 1.82) is 0 Å². The average Bonchev–Trinajstić information content (AvgIpc) is 3.13. The maximum absolute atomic E-state index is 11.6. The van der Waals surface area contributed by atoms with Crippen LogP contribution in [-0.2, 0) is 16.0 Å². The van der Waals surface area contributed by atoms with Gasteiger partial charge in [0, 0.05) is 6.20 Å². The summed E-state index contributed by atoms with van der Waals surface area (Å²) in [6.45, 7) is 3.69. The second-order valence-corrected chi connectivity index (χ2v) is 6.87. The molecule has 0 aliphatic rings. The van der Waals surface area contributed by atoms with Gasteiger partial charge in [-0.2, -0.15) is 0 Å². The van der Waals surface area contributed by atoms with Crippen LogP contribution in [0.5, 0.6) is 0 Å². The summed E-state index contributed by atoms with van der Waals surface area (Å²) in [7, 11) is 0. The smallest absolute Gasteiger partial charge is 0.310 e. The molecule has 0 atom stereocenters. The highest BCUT2D eigenvalue weighted by Gasteiger charge is 2.09. The zero-order chi connectivity index (χ0) is 19.2. The molecule has 0 unspecified atom stereocenters. The first-order valence-electron chi connectivity index (χ1n) is 8.51. The van der Waals surface area contributed by atoms with Crippen LogP contribution in [0.3, 0.4) is 0 Å². The molecule has 6 nitrogen and oxygen atoms in total. The van der Waals surface area contributed by atoms with Crippen molar-refractivity contribution in [2.75, 3.05) is 11.9 Å². The Bertz CT molecular complexity index is 968. The second kappa shape index (κ2) is 8.55. The summed E-state index contributed by atoms with van der Waals surface area (Å²) in [6, 6.07) is 12.9. The predicted octanol–water partition coefficient (Wildman–Crippen LogP) is 4.26. The number of hydrogen-bond donors (Lipinski definition) is 1. The fraction of sp³-hybridized carbons (Fsp3) is 0.200. The minimum atomic E-state index is -0.270. The molecule has 0 saturated heterocycles. The Labute approximate surface area is 161 Å². The zero-order valence-corrected chi connectivity index (χ0v) is 15.9. The number of ketones is 1. The predicted molar refractivity (Wildman–Crippen MR) is 105 cm³/mol. The molecular weight excluding hydrogens is 362 g/mol. The third-order valence-corrected chi connectivity index (χ3v) is 4.90. The number of esters is 1. The quantitative estimate of drug-likeness (QED) is 0.486. The van der Waals surface area contributed by atoms with E-state index in [4.69, 9.17) is 4.74 Å². The van der Waals surface area contributed by atoms with Crippen molar-refractivity contribution >= 4 is 34.7 Å². The van der Waals surface area contributed by atoms with Crippen LogP contribution in [0.2, 0.25) is 0 Å². The molecule has 3 heterocycles. The van der Waals surface area contributed by atoms with Crippen molar-refractivity contribution in [3.05, 3.63) is 59.1 Å². The largest absolute Gasteiger partial charge is 0.466 e. The number of hydrogen-bond acceptors (Lipinski definition) is 7. The molecule has 0 bridgehead atoms. The first-order valence-corrected chi connectivity index (χ1v) is 9.32. The van der Waals surface area contributed by atoms with Gasteiger partial charge in [-0.3, -0.25) is 9.59 Å². The molecule has 0 aliphatic carbocycles. The number of carbonyl (C=O) groups is 2. The van der Waals surface area contributed by atoms with E-state index in [-0.39, 0.29) is 18.2 Å². The van der Waals surface area contributed by atoms with Gasteiger partial charge in [-0.1, -0.05) is 6.07 Å². The summed E-state index contributed by atoms with van der Waals surface area (Å²) in [5.41, 5.74) is 1.59. The molecule has 3 aromatic heterocycles. The number of nitrogens with one attached hydrogen (secondary N) is 1. The van der Waals surface area contributed by atoms with E-state index < -0.39 is 0 Å². The van der Waals surface area contributed by atoms with Crippen molar-refractivity contribution in [2.24, 2.45) is 0 Å². The lowest BCUT2D eigenvalue weighted by molar-refractivity contribution is -0.142. The van der Waals surface area contributed by atoms with Crippen molar-refractivity contribution in [3.63, 3.8) is 0 Å². The highest BCUT2D eigenvalue weighted by atomic mass is 32.1. The molecule has 3 rings (SSSR count). The van der Waals surface area contributed by atoms with E-state index in [0.29, 0.717) is 23.1 Å². The third-order valence-electron chi connectivity index (χ3n) is 3.69. The third kappa shape index (κ3) is 4.98. The van der Waals surface area contributed by atoms with Crippen molar-refractivity contribution in [3.8, 4) is 10.6 Å². The average molecular weight is 381 g/mol. The summed E-state index contributed by atoms with van der Waals surface area (Å²) < 4.78 is 4.97. The summed E-state index contributed by atoms with van der Waals surface area (Å²) >= 11 is 1.42. The lowest BCUT2D eigenvalue weighted by atomic mass is 10.2. The molecule has 0 amide bonds. The molecule has 7 heteroatoms. The summed E-state index contributed by atoms with van der Waals surface area (Å²) in [5, 5.41) is 3.15. The molecule has 0 aromatic carbocycles. The Morgan fingerprint density at radius 3 is 2.74 bits per heavy atom. The minimum absolute atomic E-state index is 0.0446. The fourth-order valence-corrected chi connectivity index (χ4v) is 3.34. The Hall–Kier alpha value is -3.06. The van der Waals surface area contributed by atoms with E-state index in [0.717, 1.165) is 16.1 Å². The van der Waals surface area contributed by atoms with E-state index in [1.807, 2.05) is 30.3 Å². The molecular formula is C20H19N3O3S. The maximum atomic E-state index is 11.6. The Kier molecular flexibility index (Phi) is 5.93. The van der Waals surface area contributed by atoms with Crippen LogP contribution >= 0.6 is 11.3 Å². The standard InChI is InChI=1S/C20H19N3O3S/c1-3-26-20(25)12-14-9-10-21-19(11-14)23-18-6-4-5-15(22-18)17-8-7-16(27-17)13(2)24/h4-11H,3,12H2,1-2H3,(H,21,22,23). The summed E-state index contributed by atoms with van der Waals surface area (Å²) in [5.74, 6) is 1.00. The zero-order valence-electron chi connectivity index (χ0n) is 15.1. The van der Waals surface area contributed by atoms with Gasteiger partial charge in [-0.05, 0) is 55.8 Å². The number of thiophene rings is 1. The van der Waals surface area contributed by atoms with Gasteiger partial charge in [0.2, 0.25) is 0 Å². The fourth-order valence-electron chi connectivity index (χ4n) is 2.47. The molecule has 0 radical (unpaired) electrons. The second-order valence-electron chi connectivity index (χ2n) is 5.78. The summed E-state index contributed by atoms with van der Waals surface area (Å²) in [6.07, 6.45) is 1.83. The molecule has 0 fully saturated rings. The molecule has 0 saturated carbocycles. The Morgan fingerprint density at radius 1 is 1.15 bits per heavy atom. The number of pyridine rings is 2. The van der Waals surface area contributed by atoms with Gasteiger partial charge in [0.05, 0.1) is 28.5 Å². The number of carbonyl (C=O) groups excluding carboxylic acids is 2. The van der Waals surface area contributed by atoms with Crippen LogP contribution < -0.4 is 5.32 Å². The van der Waals surface area contributed by atoms with Gasteiger partial charge >= 0.3 is 5.97 Å². The highest BCUT2D eigenvalue weighted by molar-refractivity contribution is 7.17. The Balaban J connectivity index is 1.76. The monoisotopic (exact) mass is 381 g/mol. The minimum Gasteiger partial charge on any atom is -0.466 e. The normalized spacial score (nSPS) is 10.4. The van der Waals surface area contributed by atoms with E-state index in [1.54, 1.807) is 32.2 Å². The molecule has 0 spiro atoms. The molecule has 1 N–H and O–H groups in total. The number of rotatable bonds is 7. The first-order chi connectivity index (χ1) is 13.0. The van der Waals surface area contributed by atoms with E-state index in [2.05, 4.69) is 15.3 Å². The SMILES string of the molecule is CCOC(=O)Cc1ccnc(Nc2cccc(-c3ccc(C(C)=O)s3)n2)c1. The van der Waals surface area contributed by atoms with E-state index in [1.165, 1.54) is 11.3 Å². The van der Waals surface area contributed by atoms with Crippen LogP contribution in [0.25, 0.3) is 10.6 Å². The first kappa shape index (κ1) is 18.7. The Morgan fingerprint density at radius 2 is 2.00 bits per heavy atom. The van der Waals surface area contributed by atoms with Crippen molar-refractivity contribution < 1.29 is 14.3 Å². The highest BCUT2D eigenvalue weighted by Crippen LogP contribution is 2.28. The number of aromatic nitrogens is 2. The van der Waals surface area contributed by atoms with E-state index in [9.17, 15) is 9.59 Å². The molecule has 27 heavy (non-hydrogen) atoms. The summed E-state index contributed by atoms with van der Waals surface area (Å²) in [4.78, 5) is 33.6. The number of ether oxygens (including phenoxy) is 1. The van der Waals surface area contributed by atoms with Crippen molar-refractivity contribution in [1.82, 2.24) is 9.97 Å². The van der Waals surface area contributed by atoms with Crippen LogP contribution in [0.15, 0.2) is 48.7 Å². The lowest BCUT2D eigenvalue weighted by Crippen LogP contribution is -2.08. The van der Waals surface area contributed by atoms with Gasteiger partial charge in [-0.25, -0.2) is 9.97 Å². The lowest BCUT2D eigenvalue weighted by Gasteiger charge is -2.08. The van der Waals surface area contributed by atoms with Crippen LogP contribution in [-0.4, -0.2) is 28.3 Å². The number of anilines is 2. The topological polar surface area (TPSA) is 81.2 Å². The molecule has 3 aromatic rings. The van der Waals surface area contributed by atoms with Crippen molar-refractivity contribution in [2.45, 2.75) is 20.3 Å². The van der Waals surface area contributed by atoms with Crippen LogP contribution in [0.1, 0.15) is 29.1 Å². The van der Waals surface area contributed by atoms with Gasteiger partial charge in [0.1, 0.15) is 11.6 Å². The molecule has 138 valence electrons. The van der Waals surface area contributed by atoms with Crippen LogP contribution in [0.4, 0.5) is 11.6 Å². The van der Waals surface area contributed by atoms with Gasteiger partial charge in [0.15, 0.2) is 5.78 Å².